The Morgan fingerprint density at radius 3 is 2.28 bits per heavy atom. The van der Waals surface area contributed by atoms with Gasteiger partial charge in [-0.05, 0) is 41.8 Å². The van der Waals surface area contributed by atoms with Crippen LogP contribution < -0.4 is 5.32 Å². The minimum Gasteiger partial charge on any atom is -0.414 e. The molecule has 2 amide bonds. The number of nitrogens with zero attached hydrogens (tertiary/aromatic N) is 3. The normalized spacial score (nSPS) is 12.3. The monoisotopic (exact) mass is 418 g/mol. The van der Waals surface area contributed by atoms with E-state index in [2.05, 4.69) is 36.3 Å². The average Bonchev–Trinajstić information content (AvgIpc) is 3.10. The summed E-state index contributed by atoms with van der Waals surface area (Å²) in [4.78, 5) is 37.5. The highest BCUT2D eigenvalue weighted by Crippen LogP contribution is 2.24. The molecule has 0 saturated heterocycles. The molecule has 0 saturated carbocycles. The SMILES string of the molecule is CC(=O)[C@@H](Sc1nnc(CNC(=O)c2ccc(C(C)(C)C)cc2)o1)C(=O)N(C)C. The fourth-order valence-electron chi connectivity index (χ4n) is 2.38. The first-order valence-electron chi connectivity index (χ1n) is 9.08. The van der Waals surface area contributed by atoms with Crippen LogP contribution in [0.3, 0.4) is 0 Å². The Kier molecular flexibility index (Phi) is 7.18. The largest absolute Gasteiger partial charge is 0.414 e. The number of carbonyl (C=O) groups is 3. The van der Waals surface area contributed by atoms with Crippen molar-refractivity contribution in [2.24, 2.45) is 0 Å². The molecule has 0 spiro atoms. The van der Waals surface area contributed by atoms with E-state index in [4.69, 9.17) is 4.42 Å². The van der Waals surface area contributed by atoms with Crippen LogP contribution in [0.2, 0.25) is 0 Å². The lowest BCUT2D eigenvalue weighted by Gasteiger charge is -2.19. The molecule has 0 bridgehead atoms. The molecule has 29 heavy (non-hydrogen) atoms. The fraction of sp³-hybridized carbons (Fsp3) is 0.450. The first-order chi connectivity index (χ1) is 13.5. The van der Waals surface area contributed by atoms with Gasteiger partial charge in [-0.15, -0.1) is 10.2 Å². The predicted molar refractivity (Wildman–Crippen MR) is 110 cm³/mol. The van der Waals surface area contributed by atoms with E-state index in [-0.39, 0.29) is 40.7 Å². The molecule has 1 atom stereocenters. The maximum atomic E-state index is 12.3. The van der Waals surface area contributed by atoms with Crippen LogP contribution in [0.15, 0.2) is 33.9 Å². The van der Waals surface area contributed by atoms with Gasteiger partial charge in [0.1, 0.15) is 0 Å². The maximum Gasteiger partial charge on any atom is 0.277 e. The zero-order valence-corrected chi connectivity index (χ0v) is 18.3. The highest BCUT2D eigenvalue weighted by atomic mass is 32.2. The summed E-state index contributed by atoms with van der Waals surface area (Å²) >= 11 is 0.895. The number of rotatable bonds is 7. The second-order valence-corrected chi connectivity index (χ2v) is 8.87. The van der Waals surface area contributed by atoms with E-state index in [1.54, 1.807) is 26.2 Å². The third kappa shape index (κ3) is 6.15. The van der Waals surface area contributed by atoms with E-state index in [1.165, 1.54) is 11.8 Å². The Hall–Kier alpha value is -2.68. The van der Waals surface area contributed by atoms with E-state index in [0.717, 1.165) is 17.3 Å². The minimum absolute atomic E-state index is 0.0124. The number of carbonyl (C=O) groups excluding carboxylic acids is 3. The van der Waals surface area contributed by atoms with Crippen LogP contribution >= 0.6 is 11.8 Å². The van der Waals surface area contributed by atoms with Crippen LogP contribution in [-0.4, -0.2) is 52.0 Å². The topological polar surface area (TPSA) is 105 Å². The van der Waals surface area contributed by atoms with Crippen LogP contribution in [0.5, 0.6) is 0 Å². The summed E-state index contributed by atoms with van der Waals surface area (Å²) in [5, 5.41) is 9.56. The van der Waals surface area contributed by atoms with Crippen molar-refractivity contribution >= 4 is 29.4 Å². The van der Waals surface area contributed by atoms with Crippen molar-refractivity contribution in [1.29, 1.82) is 0 Å². The summed E-state index contributed by atoms with van der Waals surface area (Å²) in [6.07, 6.45) is 0. The first kappa shape index (κ1) is 22.6. The number of aromatic nitrogens is 2. The molecular weight excluding hydrogens is 392 g/mol. The molecule has 9 heteroatoms. The molecule has 2 aromatic rings. The smallest absolute Gasteiger partial charge is 0.277 e. The number of ketones is 1. The molecule has 0 fully saturated rings. The highest BCUT2D eigenvalue weighted by Gasteiger charge is 2.28. The third-order valence-electron chi connectivity index (χ3n) is 4.11. The quantitative estimate of drug-likeness (QED) is 0.544. The molecule has 8 nitrogen and oxygen atoms in total. The zero-order chi connectivity index (χ0) is 21.8. The fourth-order valence-corrected chi connectivity index (χ4v) is 3.29. The van der Waals surface area contributed by atoms with Gasteiger partial charge >= 0.3 is 0 Å². The summed E-state index contributed by atoms with van der Waals surface area (Å²) in [6.45, 7) is 7.70. The molecule has 1 aromatic heterocycles. The molecule has 0 aliphatic carbocycles. The van der Waals surface area contributed by atoms with Crippen LogP contribution in [-0.2, 0) is 21.5 Å². The summed E-state index contributed by atoms with van der Waals surface area (Å²) < 4.78 is 5.45. The summed E-state index contributed by atoms with van der Waals surface area (Å²) in [5.74, 6) is -0.733. The molecule has 156 valence electrons. The van der Waals surface area contributed by atoms with E-state index in [0.29, 0.717) is 5.56 Å². The molecule has 2 rings (SSSR count). The first-order valence-corrected chi connectivity index (χ1v) is 9.96. The number of Topliss-reactive ketones (excluding diaryl/α,β-unsaturated/α-hetero) is 1. The van der Waals surface area contributed by atoms with Gasteiger partial charge in [-0.25, -0.2) is 0 Å². The third-order valence-corrected chi connectivity index (χ3v) is 5.25. The zero-order valence-electron chi connectivity index (χ0n) is 17.5. The lowest BCUT2D eigenvalue weighted by atomic mass is 9.87. The van der Waals surface area contributed by atoms with Crippen molar-refractivity contribution in [1.82, 2.24) is 20.4 Å². The maximum absolute atomic E-state index is 12.3. The summed E-state index contributed by atoms with van der Waals surface area (Å²) in [7, 11) is 3.14. The summed E-state index contributed by atoms with van der Waals surface area (Å²) in [5.41, 5.74) is 1.68. The van der Waals surface area contributed by atoms with Crippen molar-refractivity contribution in [3.05, 3.63) is 41.3 Å². The van der Waals surface area contributed by atoms with Crippen molar-refractivity contribution < 1.29 is 18.8 Å². The van der Waals surface area contributed by atoms with Gasteiger partial charge in [0.2, 0.25) is 11.8 Å². The predicted octanol–water partition coefficient (Wildman–Crippen LogP) is 2.44. The molecule has 0 aliphatic rings. The number of amides is 2. The second kappa shape index (κ2) is 9.21. The molecule has 0 radical (unpaired) electrons. The van der Waals surface area contributed by atoms with Crippen LogP contribution in [0.1, 0.15) is 49.5 Å². The molecule has 0 unspecified atom stereocenters. The van der Waals surface area contributed by atoms with E-state index in [9.17, 15) is 14.4 Å². The Morgan fingerprint density at radius 2 is 1.76 bits per heavy atom. The van der Waals surface area contributed by atoms with Crippen LogP contribution in [0.25, 0.3) is 0 Å². The van der Waals surface area contributed by atoms with Gasteiger partial charge in [0.15, 0.2) is 11.0 Å². The Labute approximate surface area is 174 Å². The number of hydrogen-bond acceptors (Lipinski definition) is 7. The number of nitrogens with one attached hydrogen (secondary N) is 1. The average molecular weight is 419 g/mol. The van der Waals surface area contributed by atoms with Crippen molar-refractivity contribution in [2.45, 2.75) is 50.1 Å². The Morgan fingerprint density at radius 1 is 1.14 bits per heavy atom. The minimum atomic E-state index is -0.950. The number of hydrogen-bond donors (Lipinski definition) is 1. The lowest BCUT2D eigenvalue weighted by Crippen LogP contribution is -2.35. The Balaban J connectivity index is 1.97. The van der Waals surface area contributed by atoms with Gasteiger partial charge in [-0.1, -0.05) is 32.9 Å². The number of benzene rings is 1. The standard InChI is InChI=1S/C20H26N4O4S/c1-12(25)16(18(27)24(5)6)29-19-23-22-15(28-19)11-21-17(26)13-7-9-14(10-8-13)20(2,3)4/h7-10,16H,11H2,1-6H3,(H,21,26)/t16-/m1/s1. The van der Waals surface area contributed by atoms with Crippen LogP contribution in [0.4, 0.5) is 0 Å². The van der Waals surface area contributed by atoms with Gasteiger partial charge in [0, 0.05) is 19.7 Å². The van der Waals surface area contributed by atoms with Gasteiger partial charge < -0.3 is 14.6 Å². The second-order valence-electron chi connectivity index (χ2n) is 7.81. The number of thioether (sulfide) groups is 1. The van der Waals surface area contributed by atoms with Crippen molar-refractivity contribution in [2.75, 3.05) is 14.1 Å². The van der Waals surface area contributed by atoms with Crippen molar-refractivity contribution in [3.8, 4) is 0 Å². The van der Waals surface area contributed by atoms with Gasteiger partial charge in [-0.2, -0.15) is 0 Å². The van der Waals surface area contributed by atoms with E-state index >= 15 is 0 Å². The van der Waals surface area contributed by atoms with Gasteiger partial charge in [0.25, 0.3) is 11.1 Å². The Bertz CT molecular complexity index is 885. The van der Waals surface area contributed by atoms with Gasteiger partial charge in [0.05, 0.1) is 6.54 Å². The van der Waals surface area contributed by atoms with E-state index in [1.807, 2.05) is 12.1 Å². The lowest BCUT2D eigenvalue weighted by molar-refractivity contribution is -0.132. The van der Waals surface area contributed by atoms with E-state index < -0.39 is 5.25 Å². The summed E-state index contributed by atoms with van der Waals surface area (Å²) in [6, 6.07) is 7.41. The van der Waals surface area contributed by atoms with Gasteiger partial charge in [-0.3, -0.25) is 14.4 Å². The molecule has 0 aliphatic heterocycles. The van der Waals surface area contributed by atoms with Crippen LogP contribution in [0, 0.1) is 0 Å². The molecule has 1 aromatic carbocycles. The van der Waals surface area contributed by atoms with Crippen molar-refractivity contribution in [3.63, 3.8) is 0 Å². The molecule has 1 N–H and O–H groups in total. The molecule has 1 heterocycles. The molecular formula is C20H26N4O4S. The highest BCUT2D eigenvalue weighted by molar-refractivity contribution is 8.01.